The number of rotatable bonds is 2. The van der Waals surface area contributed by atoms with Gasteiger partial charge < -0.3 is 0 Å². The van der Waals surface area contributed by atoms with E-state index in [4.69, 9.17) is 0 Å². The minimum absolute atomic E-state index is 0.485. The number of nitrogens with zero attached hydrogens (tertiary/aromatic N) is 2. The zero-order chi connectivity index (χ0) is 9.42. The summed E-state index contributed by atoms with van der Waals surface area (Å²) in [5.74, 6) is 2.01. The summed E-state index contributed by atoms with van der Waals surface area (Å²) in [6.07, 6.45) is 1.94. The van der Waals surface area contributed by atoms with Gasteiger partial charge in [-0.2, -0.15) is 0 Å². The van der Waals surface area contributed by atoms with Gasteiger partial charge in [-0.15, -0.1) is 0 Å². The molecule has 0 saturated heterocycles. The van der Waals surface area contributed by atoms with Crippen molar-refractivity contribution in [2.24, 2.45) is 5.92 Å². The normalized spacial score (nSPS) is 25.7. The fourth-order valence-corrected chi connectivity index (χ4v) is 1.52. The van der Waals surface area contributed by atoms with Gasteiger partial charge in [0.05, 0.1) is 0 Å². The summed E-state index contributed by atoms with van der Waals surface area (Å²) < 4.78 is 0. The van der Waals surface area contributed by atoms with Crippen LogP contribution in [0.3, 0.4) is 0 Å². The number of hydrogen-bond donors (Lipinski definition) is 0. The van der Waals surface area contributed by atoms with Crippen molar-refractivity contribution in [2.75, 3.05) is 0 Å². The molecule has 1 aliphatic rings. The predicted molar refractivity (Wildman–Crippen MR) is 48.7 cm³/mol. The molecule has 3 heteroatoms. The SMILES string of the molecule is Cc1cc(C=O)nc(C2CC2C)n1. The lowest BCUT2D eigenvalue weighted by Gasteiger charge is -1.99. The van der Waals surface area contributed by atoms with Crippen LogP contribution in [-0.4, -0.2) is 16.3 Å². The standard InChI is InChI=1S/C10H12N2O/c1-6-3-9(6)10-11-7(2)4-8(5-13)12-10/h4-6,9H,3H2,1-2H3. The Morgan fingerprint density at radius 3 is 2.77 bits per heavy atom. The lowest BCUT2D eigenvalue weighted by molar-refractivity contribution is 0.111. The third-order valence-electron chi connectivity index (χ3n) is 2.45. The average molecular weight is 176 g/mol. The number of aryl methyl sites for hydroxylation is 1. The van der Waals surface area contributed by atoms with Crippen LogP contribution in [0.15, 0.2) is 6.07 Å². The van der Waals surface area contributed by atoms with Gasteiger partial charge in [-0.1, -0.05) is 6.92 Å². The molecule has 0 radical (unpaired) electrons. The molecule has 1 saturated carbocycles. The minimum atomic E-state index is 0.485. The third kappa shape index (κ3) is 1.59. The second-order valence-electron chi connectivity index (χ2n) is 3.73. The number of carbonyl (C=O) groups excluding carboxylic acids is 1. The summed E-state index contributed by atoms with van der Waals surface area (Å²) in [6, 6.07) is 1.71. The van der Waals surface area contributed by atoms with Crippen LogP contribution in [0.1, 0.15) is 41.3 Å². The Balaban J connectivity index is 2.35. The van der Waals surface area contributed by atoms with Gasteiger partial charge in [0, 0.05) is 11.6 Å². The predicted octanol–water partition coefficient (Wildman–Crippen LogP) is 1.72. The average Bonchev–Trinajstić information content (AvgIpc) is 2.81. The highest BCUT2D eigenvalue weighted by Gasteiger charge is 2.36. The van der Waals surface area contributed by atoms with Gasteiger partial charge in [0.1, 0.15) is 11.5 Å². The highest BCUT2D eigenvalue weighted by atomic mass is 16.1. The van der Waals surface area contributed by atoms with Gasteiger partial charge in [0.2, 0.25) is 0 Å². The molecule has 2 atom stereocenters. The van der Waals surface area contributed by atoms with Crippen molar-refractivity contribution in [2.45, 2.75) is 26.2 Å². The molecule has 0 amide bonds. The van der Waals surface area contributed by atoms with Gasteiger partial charge in [-0.25, -0.2) is 9.97 Å². The number of aldehydes is 1. The van der Waals surface area contributed by atoms with E-state index in [0.29, 0.717) is 17.5 Å². The van der Waals surface area contributed by atoms with Crippen LogP contribution in [-0.2, 0) is 0 Å². The highest BCUT2D eigenvalue weighted by molar-refractivity contribution is 5.71. The molecular weight excluding hydrogens is 164 g/mol. The van der Waals surface area contributed by atoms with Crippen LogP contribution in [0.25, 0.3) is 0 Å². The van der Waals surface area contributed by atoms with Gasteiger partial charge in [0.15, 0.2) is 6.29 Å². The molecule has 1 heterocycles. The number of hydrogen-bond acceptors (Lipinski definition) is 3. The minimum Gasteiger partial charge on any atom is -0.296 e. The molecule has 1 aliphatic carbocycles. The van der Waals surface area contributed by atoms with Crippen molar-refractivity contribution < 1.29 is 4.79 Å². The van der Waals surface area contributed by atoms with Crippen LogP contribution >= 0.6 is 0 Å². The summed E-state index contributed by atoms with van der Waals surface area (Å²) in [4.78, 5) is 19.1. The molecule has 2 unspecified atom stereocenters. The van der Waals surface area contributed by atoms with E-state index >= 15 is 0 Å². The maximum atomic E-state index is 10.5. The van der Waals surface area contributed by atoms with Crippen LogP contribution in [0.2, 0.25) is 0 Å². The summed E-state index contributed by atoms with van der Waals surface area (Å²) in [7, 11) is 0. The van der Waals surface area contributed by atoms with E-state index in [1.54, 1.807) is 6.07 Å². The first-order valence-electron chi connectivity index (χ1n) is 4.51. The van der Waals surface area contributed by atoms with E-state index in [1.807, 2.05) is 6.92 Å². The van der Waals surface area contributed by atoms with E-state index in [0.717, 1.165) is 24.2 Å². The van der Waals surface area contributed by atoms with Crippen molar-refractivity contribution in [1.29, 1.82) is 0 Å². The van der Waals surface area contributed by atoms with E-state index < -0.39 is 0 Å². The summed E-state index contributed by atoms with van der Waals surface area (Å²) in [5.41, 5.74) is 1.38. The Morgan fingerprint density at radius 2 is 2.23 bits per heavy atom. The summed E-state index contributed by atoms with van der Waals surface area (Å²) in [6.45, 7) is 4.07. The smallest absolute Gasteiger partial charge is 0.168 e. The van der Waals surface area contributed by atoms with E-state index in [1.165, 1.54) is 0 Å². The Bertz CT molecular complexity index is 349. The second kappa shape index (κ2) is 2.91. The van der Waals surface area contributed by atoms with Crippen molar-refractivity contribution in [3.63, 3.8) is 0 Å². The first-order valence-corrected chi connectivity index (χ1v) is 4.51. The van der Waals surface area contributed by atoms with E-state index in [9.17, 15) is 4.79 Å². The Labute approximate surface area is 77.2 Å². The van der Waals surface area contributed by atoms with Crippen LogP contribution in [0.4, 0.5) is 0 Å². The number of aromatic nitrogens is 2. The zero-order valence-electron chi connectivity index (χ0n) is 7.82. The molecule has 68 valence electrons. The maximum Gasteiger partial charge on any atom is 0.168 e. The number of carbonyl (C=O) groups is 1. The zero-order valence-corrected chi connectivity index (χ0v) is 7.82. The monoisotopic (exact) mass is 176 g/mol. The first kappa shape index (κ1) is 8.35. The molecule has 0 aromatic carbocycles. The van der Waals surface area contributed by atoms with Crippen molar-refractivity contribution >= 4 is 6.29 Å². The molecule has 1 aromatic rings. The van der Waals surface area contributed by atoms with Gasteiger partial charge in [-0.3, -0.25) is 4.79 Å². The molecule has 0 N–H and O–H groups in total. The van der Waals surface area contributed by atoms with Crippen LogP contribution in [0.5, 0.6) is 0 Å². The quantitative estimate of drug-likeness (QED) is 0.644. The van der Waals surface area contributed by atoms with E-state index in [2.05, 4.69) is 16.9 Å². The fourth-order valence-electron chi connectivity index (χ4n) is 1.52. The van der Waals surface area contributed by atoms with E-state index in [-0.39, 0.29) is 0 Å². The topological polar surface area (TPSA) is 42.9 Å². The Hall–Kier alpha value is -1.25. The maximum absolute atomic E-state index is 10.5. The molecule has 0 bridgehead atoms. The molecular formula is C10H12N2O. The fraction of sp³-hybridized carbons (Fsp3) is 0.500. The molecule has 1 aromatic heterocycles. The van der Waals surface area contributed by atoms with Gasteiger partial charge in [-0.05, 0) is 25.3 Å². The first-order chi connectivity index (χ1) is 6.20. The van der Waals surface area contributed by atoms with Crippen molar-refractivity contribution in [3.8, 4) is 0 Å². The third-order valence-corrected chi connectivity index (χ3v) is 2.45. The lowest BCUT2D eigenvalue weighted by atomic mass is 10.3. The summed E-state index contributed by atoms with van der Waals surface area (Å²) >= 11 is 0. The van der Waals surface area contributed by atoms with Crippen molar-refractivity contribution in [3.05, 3.63) is 23.3 Å². The molecule has 2 rings (SSSR count). The van der Waals surface area contributed by atoms with Crippen molar-refractivity contribution in [1.82, 2.24) is 9.97 Å². The molecule has 1 fully saturated rings. The molecule has 3 nitrogen and oxygen atoms in total. The lowest BCUT2D eigenvalue weighted by Crippen LogP contribution is -1.99. The summed E-state index contributed by atoms with van der Waals surface area (Å²) in [5, 5.41) is 0. The Morgan fingerprint density at radius 1 is 1.54 bits per heavy atom. The largest absolute Gasteiger partial charge is 0.296 e. The molecule has 0 aliphatic heterocycles. The van der Waals surface area contributed by atoms with Gasteiger partial charge >= 0.3 is 0 Å². The van der Waals surface area contributed by atoms with Gasteiger partial charge in [0.25, 0.3) is 0 Å². The van der Waals surface area contributed by atoms with Crippen LogP contribution in [0, 0.1) is 12.8 Å². The highest BCUT2D eigenvalue weighted by Crippen LogP contribution is 2.45. The second-order valence-corrected chi connectivity index (χ2v) is 3.73. The molecule has 0 spiro atoms. The Kier molecular flexibility index (Phi) is 1.87. The van der Waals surface area contributed by atoms with Crippen LogP contribution < -0.4 is 0 Å². The molecule has 13 heavy (non-hydrogen) atoms.